The maximum absolute atomic E-state index is 13.3. The number of halogens is 3. The molecule has 1 heterocycles. The van der Waals surface area contributed by atoms with Crippen molar-refractivity contribution in [3.8, 4) is 11.4 Å². The lowest BCUT2D eigenvalue weighted by Gasteiger charge is -2.05. The second-order valence-electron chi connectivity index (χ2n) is 3.25. The number of aromatic nitrogens is 2. The van der Waals surface area contributed by atoms with Crippen LogP contribution in [0.4, 0.5) is 8.78 Å². The summed E-state index contributed by atoms with van der Waals surface area (Å²) in [7, 11) is 0. The predicted molar refractivity (Wildman–Crippen MR) is 61.0 cm³/mol. The van der Waals surface area contributed by atoms with Gasteiger partial charge in [0.1, 0.15) is 0 Å². The van der Waals surface area contributed by atoms with Crippen LogP contribution >= 0.6 is 15.9 Å². The SMILES string of the molecule is OCc1ccnc(-c2ccc(F)c(F)c2Br)n1. The molecular weight excluding hydrogens is 294 g/mol. The Morgan fingerprint density at radius 3 is 2.71 bits per heavy atom. The summed E-state index contributed by atoms with van der Waals surface area (Å²) in [6.45, 7) is -0.239. The van der Waals surface area contributed by atoms with E-state index in [1.165, 1.54) is 18.3 Å². The highest BCUT2D eigenvalue weighted by atomic mass is 79.9. The first-order valence-electron chi connectivity index (χ1n) is 4.70. The average molecular weight is 301 g/mol. The molecule has 0 bridgehead atoms. The van der Waals surface area contributed by atoms with E-state index in [1.54, 1.807) is 0 Å². The third-order valence-corrected chi connectivity index (χ3v) is 2.93. The van der Waals surface area contributed by atoms with E-state index in [0.717, 1.165) is 6.07 Å². The smallest absolute Gasteiger partial charge is 0.173 e. The molecule has 0 amide bonds. The Hall–Kier alpha value is -1.40. The van der Waals surface area contributed by atoms with Crippen LogP contribution in [0.15, 0.2) is 28.9 Å². The lowest BCUT2D eigenvalue weighted by molar-refractivity contribution is 0.277. The number of nitrogens with zero attached hydrogens (tertiary/aromatic N) is 2. The van der Waals surface area contributed by atoms with E-state index < -0.39 is 11.6 Å². The molecule has 0 aliphatic rings. The van der Waals surface area contributed by atoms with Crippen molar-refractivity contribution >= 4 is 15.9 Å². The van der Waals surface area contributed by atoms with Crippen molar-refractivity contribution in [2.45, 2.75) is 6.61 Å². The molecule has 1 aromatic carbocycles. The Labute approximate surface area is 104 Å². The van der Waals surface area contributed by atoms with Crippen LogP contribution in [0.3, 0.4) is 0 Å². The monoisotopic (exact) mass is 300 g/mol. The summed E-state index contributed by atoms with van der Waals surface area (Å²) in [5.74, 6) is -1.71. The minimum atomic E-state index is -0.986. The summed E-state index contributed by atoms with van der Waals surface area (Å²) < 4.78 is 26.2. The van der Waals surface area contributed by atoms with Crippen LogP contribution in [0.25, 0.3) is 11.4 Å². The lowest BCUT2D eigenvalue weighted by Crippen LogP contribution is -1.97. The first-order valence-corrected chi connectivity index (χ1v) is 5.49. The Bertz CT molecular complexity index is 563. The lowest BCUT2D eigenvalue weighted by atomic mass is 10.2. The number of hydrogen-bond acceptors (Lipinski definition) is 3. The number of aliphatic hydroxyl groups is 1. The fraction of sp³-hybridized carbons (Fsp3) is 0.0909. The minimum Gasteiger partial charge on any atom is -0.390 e. The quantitative estimate of drug-likeness (QED) is 0.868. The zero-order valence-corrected chi connectivity index (χ0v) is 10.1. The number of aliphatic hydroxyl groups excluding tert-OH is 1. The molecule has 17 heavy (non-hydrogen) atoms. The van der Waals surface area contributed by atoms with Crippen LogP contribution < -0.4 is 0 Å². The topological polar surface area (TPSA) is 46.0 Å². The normalized spacial score (nSPS) is 10.6. The van der Waals surface area contributed by atoms with Crippen molar-refractivity contribution < 1.29 is 13.9 Å². The molecule has 0 unspecified atom stereocenters. The highest BCUT2D eigenvalue weighted by molar-refractivity contribution is 9.10. The van der Waals surface area contributed by atoms with Gasteiger partial charge in [-0.3, -0.25) is 0 Å². The Kier molecular flexibility index (Phi) is 3.44. The summed E-state index contributed by atoms with van der Waals surface area (Å²) in [5.41, 5.74) is 0.742. The van der Waals surface area contributed by atoms with E-state index in [-0.39, 0.29) is 16.9 Å². The Morgan fingerprint density at radius 1 is 1.24 bits per heavy atom. The first-order chi connectivity index (χ1) is 8.13. The molecule has 1 N–H and O–H groups in total. The Morgan fingerprint density at radius 2 is 2.00 bits per heavy atom. The standard InChI is InChI=1S/C11H7BrF2N2O/c12-9-7(1-2-8(13)10(9)14)11-15-4-3-6(5-17)16-11/h1-4,17H,5H2. The molecule has 0 saturated carbocycles. The molecule has 0 saturated heterocycles. The maximum atomic E-state index is 13.3. The predicted octanol–water partition coefficient (Wildman–Crippen LogP) is 2.68. The second kappa shape index (κ2) is 4.85. The maximum Gasteiger partial charge on any atom is 0.173 e. The molecule has 0 aliphatic heterocycles. The van der Waals surface area contributed by atoms with Gasteiger partial charge in [0.2, 0.25) is 0 Å². The van der Waals surface area contributed by atoms with Gasteiger partial charge in [0.25, 0.3) is 0 Å². The Balaban J connectivity index is 2.56. The van der Waals surface area contributed by atoms with Gasteiger partial charge >= 0.3 is 0 Å². The molecule has 0 atom stereocenters. The van der Waals surface area contributed by atoms with Gasteiger partial charge in [-0.05, 0) is 34.1 Å². The molecule has 3 nitrogen and oxygen atoms in total. The summed E-state index contributed by atoms with van der Waals surface area (Å²) in [5, 5.41) is 8.94. The summed E-state index contributed by atoms with van der Waals surface area (Å²) in [4.78, 5) is 7.96. The fourth-order valence-corrected chi connectivity index (χ4v) is 1.81. The van der Waals surface area contributed by atoms with Crippen molar-refractivity contribution in [1.29, 1.82) is 0 Å². The minimum absolute atomic E-state index is 0.0346. The van der Waals surface area contributed by atoms with Crippen molar-refractivity contribution in [3.63, 3.8) is 0 Å². The molecule has 1 aromatic heterocycles. The van der Waals surface area contributed by atoms with E-state index in [9.17, 15) is 8.78 Å². The molecule has 2 aromatic rings. The molecule has 88 valence electrons. The van der Waals surface area contributed by atoms with Crippen molar-refractivity contribution in [3.05, 3.63) is 46.2 Å². The van der Waals surface area contributed by atoms with Gasteiger partial charge < -0.3 is 5.11 Å². The van der Waals surface area contributed by atoms with Gasteiger partial charge in [0.15, 0.2) is 17.5 Å². The van der Waals surface area contributed by atoms with E-state index >= 15 is 0 Å². The van der Waals surface area contributed by atoms with E-state index in [0.29, 0.717) is 11.3 Å². The molecule has 0 aliphatic carbocycles. The van der Waals surface area contributed by atoms with Gasteiger partial charge in [-0.2, -0.15) is 0 Å². The third kappa shape index (κ3) is 2.32. The van der Waals surface area contributed by atoms with Gasteiger partial charge in [-0.15, -0.1) is 0 Å². The van der Waals surface area contributed by atoms with Gasteiger partial charge in [0.05, 0.1) is 16.8 Å². The molecule has 6 heteroatoms. The van der Waals surface area contributed by atoms with E-state index in [4.69, 9.17) is 5.11 Å². The van der Waals surface area contributed by atoms with Crippen LogP contribution in [0, 0.1) is 11.6 Å². The van der Waals surface area contributed by atoms with Gasteiger partial charge in [-0.1, -0.05) is 0 Å². The molecule has 2 rings (SSSR count). The molecular formula is C11H7BrF2N2O. The van der Waals surface area contributed by atoms with Crippen LogP contribution in [-0.2, 0) is 6.61 Å². The van der Waals surface area contributed by atoms with Gasteiger partial charge in [0, 0.05) is 11.8 Å². The zero-order valence-electron chi connectivity index (χ0n) is 8.49. The highest BCUT2D eigenvalue weighted by Gasteiger charge is 2.14. The van der Waals surface area contributed by atoms with Crippen molar-refractivity contribution in [1.82, 2.24) is 9.97 Å². The van der Waals surface area contributed by atoms with Crippen molar-refractivity contribution in [2.24, 2.45) is 0 Å². The van der Waals surface area contributed by atoms with E-state index in [2.05, 4.69) is 25.9 Å². The van der Waals surface area contributed by atoms with Gasteiger partial charge in [-0.25, -0.2) is 18.7 Å². The summed E-state index contributed by atoms with van der Waals surface area (Å²) in [6.07, 6.45) is 1.45. The molecule has 0 spiro atoms. The highest BCUT2D eigenvalue weighted by Crippen LogP contribution is 2.29. The third-order valence-electron chi connectivity index (χ3n) is 2.15. The fourth-order valence-electron chi connectivity index (χ4n) is 1.31. The van der Waals surface area contributed by atoms with Crippen LogP contribution in [-0.4, -0.2) is 15.1 Å². The second-order valence-corrected chi connectivity index (χ2v) is 4.05. The van der Waals surface area contributed by atoms with Crippen LogP contribution in [0.5, 0.6) is 0 Å². The largest absolute Gasteiger partial charge is 0.390 e. The molecule has 0 fully saturated rings. The van der Waals surface area contributed by atoms with Crippen LogP contribution in [0.2, 0.25) is 0 Å². The number of benzene rings is 1. The van der Waals surface area contributed by atoms with E-state index in [1.807, 2.05) is 0 Å². The number of rotatable bonds is 2. The van der Waals surface area contributed by atoms with Crippen LogP contribution in [0.1, 0.15) is 5.69 Å². The summed E-state index contributed by atoms with van der Waals surface area (Å²) in [6, 6.07) is 3.92. The van der Waals surface area contributed by atoms with Crippen molar-refractivity contribution in [2.75, 3.05) is 0 Å². The average Bonchev–Trinajstić information content (AvgIpc) is 2.36. The molecule has 0 radical (unpaired) electrons. The zero-order chi connectivity index (χ0) is 12.4. The first kappa shape index (κ1) is 12.1. The number of hydrogen-bond donors (Lipinski definition) is 1. The summed E-state index contributed by atoms with van der Waals surface area (Å²) >= 11 is 2.96.